The Morgan fingerprint density at radius 3 is 2.20 bits per heavy atom. The number of nitrogens with one attached hydrogen (secondary N) is 1. The number of benzene rings is 3. The molecule has 236 valence electrons. The van der Waals surface area contributed by atoms with Crippen LogP contribution in [0.25, 0.3) is 0 Å². The van der Waals surface area contributed by atoms with Crippen LogP contribution in [-0.4, -0.2) is 50.0 Å². The van der Waals surface area contributed by atoms with E-state index in [9.17, 15) is 31.2 Å². The molecule has 0 aliphatic heterocycles. The molecule has 3 aromatic rings. The molecule has 0 aromatic heterocycles. The first kappa shape index (κ1) is 33.0. The zero-order valence-corrected chi connectivity index (χ0v) is 25.5. The van der Waals surface area contributed by atoms with E-state index in [-0.39, 0.29) is 50.0 Å². The summed E-state index contributed by atoms with van der Waals surface area (Å²) in [5.41, 5.74) is 1.42. The number of anilines is 1. The second-order valence-electron chi connectivity index (χ2n) is 11.2. The SMILES string of the molecule is CS(=O)(=O)N(CCCC(=O)N(Cc1ccc(F)cc1)[C@@H](Cc1ccccc1)C(=O)NC1CCCCC1)c1ccc(F)c(F)c1. The lowest BCUT2D eigenvalue weighted by Crippen LogP contribution is -2.52. The lowest BCUT2D eigenvalue weighted by atomic mass is 9.94. The van der Waals surface area contributed by atoms with E-state index in [1.54, 1.807) is 12.1 Å². The van der Waals surface area contributed by atoms with Gasteiger partial charge in [-0.25, -0.2) is 21.6 Å². The van der Waals surface area contributed by atoms with Crippen molar-refractivity contribution in [2.75, 3.05) is 17.1 Å². The second kappa shape index (κ2) is 15.2. The standard InChI is InChI=1S/C33H38F3N3O4S/c1-44(42,43)39(28-18-19-29(35)30(36)22-28)20-8-13-32(40)38(23-25-14-16-26(34)17-15-25)31(21-24-9-4-2-5-10-24)33(41)37-27-11-6-3-7-12-27/h2,4-5,9-10,14-19,22,27,31H,3,6-8,11-13,20-21,23H2,1H3,(H,37,41)/t31-/m0/s1. The Labute approximate surface area is 257 Å². The third kappa shape index (κ3) is 9.32. The summed E-state index contributed by atoms with van der Waals surface area (Å²) in [6, 6.07) is 17.0. The van der Waals surface area contributed by atoms with Crippen molar-refractivity contribution in [1.29, 1.82) is 0 Å². The zero-order valence-electron chi connectivity index (χ0n) is 24.7. The molecule has 1 atom stereocenters. The van der Waals surface area contributed by atoms with E-state index in [2.05, 4.69) is 5.32 Å². The maximum absolute atomic E-state index is 13.9. The molecule has 1 aliphatic carbocycles. The van der Waals surface area contributed by atoms with Gasteiger partial charge in [0.05, 0.1) is 11.9 Å². The summed E-state index contributed by atoms with van der Waals surface area (Å²) in [7, 11) is -3.89. The van der Waals surface area contributed by atoms with Gasteiger partial charge in [-0.3, -0.25) is 13.9 Å². The number of sulfonamides is 1. The highest BCUT2D eigenvalue weighted by Crippen LogP contribution is 2.23. The van der Waals surface area contributed by atoms with Crippen LogP contribution in [0.1, 0.15) is 56.1 Å². The Morgan fingerprint density at radius 1 is 0.886 bits per heavy atom. The van der Waals surface area contributed by atoms with Gasteiger partial charge in [0.1, 0.15) is 11.9 Å². The topological polar surface area (TPSA) is 86.8 Å². The van der Waals surface area contributed by atoms with Gasteiger partial charge in [-0.2, -0.15) is 0 Å². The van der Waals surface area contributed by atoms with Crippen LogP contribution in [0, 0.1) is 17.5 Å². The summed E-state index contributed by atoms with van der Waals surface area (Å²) in [5.74, 6) is -3.40. The summed E-state index contributed by atoms with van der Waals surface area (Å²) in [5, 5.41) is 3.15. The molecular weight excluding hydrogens is 591 g/mol. The minimum Gasteiger partial charge on any atom is -0.352 e. The third-order valence-electron chi connectivity index (χ3n) is 7.83. The highest BCUT2D eigenvalue weighted by molar-refractivity contribution is 7.92. The smallest absolute Gasteiger partial charge is 0.243 e. The number of hydrogen-bond donors (Lipinski definition) is 1. The molecule has 0 saturated heterocycles. The van der Waals surface area contributed by atoms with E-state index < -0.39 is 39.4 Å². The van der Waals surface area contributed by atoms with Crippen molar-refractivity contribution in [2.45, 2.75) is 70.0 Å². The van der Waals surface area contributed by atoms with Crippen molar-refractivity contribution >= 4 is 27.5 Å². The number of carbonyl (C=O) groups excluding carboxylic acids is 2. The van der Waals surface area contributed by atoms with Crippen molar-refractivity contribution in [3.63, 3.8) is 0 Å². The Balaban J connectivity index is 1.59. The van der Waals surface area contributed by atoms with Crippen LogP contribution in [0.3, 0.4) is 0 Å². The fourth-order valence-electron chi connectivity index (χ4n) is 5.53. The van der Waals surface area contributed by atoms with E-state index >= 15 is 0 Å². The second-order valence-corrected chi connectivity index (χ2v) is 13.1. The molecule has 4 rings (SSSR count). The van der Waals surface area contributed by atoms with Crippen LogP contribution in [0.15, 0.2) is 72.8 Å². The van der Waals surface area contributed by atoms with Crippen LogP contribution in [0.5, 0.6) is 0 Å². The van der Waals surface area contributed by atoms with E-state index in [4.69, 9.17) is 0 Å². The Kier molecular flexibility index (Phi) is 11.4. The molecule has 3 aromatic carbocycles. The number of hydrogen-bond acceptors (Lipinski definition) is 4. The zero-order chi connectivity index (χ0) is 31.7. The first-order valence-corrected chi connectivity index (χ1v) is 16.7. The molecule has 1 fully saturated rings. The molecule has 2 amide bonds. The molecule has 0 spiro atoms. The average molecular weight is 630 g/mol. The summed E-state index contributed by atoms with van der Waals surface area (Å²) in [6.07, 6.45) is 5.99. The van der Waals surface area contributed by atoms with Crippen LogP contribution in [-0.2, 0) is 32.6 Å². The quantitative estimate of drug-likeness (QED) is 0.261. The van der Waals surface area contributed by atoms with Gasteiger partial charge in [0.15, 0.2) is 11.6 Å². The van der Waals surface area contributed by atoms with E-state index in [1.165, 1.54) is 17.0 Å². The predicted octanol–water partition coefficient (Wildman–Crippen LogP) is 5.74. The first-order chi connectivity index (χ1) is 21.0. The number of amides is 2. The molecule has 7 nitrogen and oxygen atoms in total. The largest absolute Gasteiger partial charge is 0.352 e. The summed E-state index contributed by atoms with van der Waals surface area (Å²) in [6.45, 7) is -0.134. The molecule has 0 heterocycles. The number of halogens is 3. The van der Waals surface area contributed by atoms with Crippen LogP contribution < -0.4 is 9.62 Å². The van der Waals surface area contributed by atoms with E-state index in [0.717, 1.165) is 66.4 Å². The van der Waals surface area contributed by atoms with Gasteiger partial charge in [0.2, 0.25) is 21.8 Å². The molecule has 0 unspecified atom stereocenters. The van der Waals surface area contributed by atoms with Gasteiger partial charge in [0, 0.05) is 38.0 Å². The van der Waals surface area contributed by atoms with Crippen molar-refractivity contribution in [3.8, 4) is 0 Å². The molecule has 1 N–H and O–H groups in total. The van der Waals surface area contributed by atoms with Gasteiger partial charge < -0.3 is 10.2 Å². The lowest BCUT2D eigenvalue weighted by Gasteiger charge is -2.34. The van der Waals surface area contributed by atoms with Gasteiger partial charge in [-0.05, 0) is 54.7 Å². The van der Waals surface area contributed by atoms with Gasteiger partial charge >= 0.3 is 0 Å². The molecule has 1 saturated carbocycles. The molecule has 1 aliphatic rings. The first-order valence-electron chi connectivity index (χ1n) is 14.8. The fraction of sp³-hybridized carbons (Fsp3) is 0.394. The molecule has 11 heteroatoms. The normalized spacial score (nSPS) is 14.5. The summed E-state index contributed by atoms with van der Waals surface area (Å²) in [4.78, 5) is 29.2. The molecule has 0 radical (unpaired) electrons. The maximum Gasteiger partial charge on any atom is 0.243 e. The summed E-state index contributed by atoms with van der Waals surface area (Å²) < 4.78 is 67.1. The Bertz CT molecular complexity index is 1510. The molecular formula is C33H38F3N3O4S. The number of nitrogens with zero attached hydrogens (tertiary/aromatic N) is 2. The lowest BCUT2D eigenvalue weighted by molar-refractivity contribution is -0.141. The fourth-order valence-corrected chi connectivity index (χ4v) is 6.49. The molecule has 0 bridgehead atoms. The predicted molar refractivity (Wildman–Crippen MR) is 164 cm³/mol. The number of rotatable bonds is 13. The van der Waals surface area contributed by atoms with Gasteiger partial charge in [-0.15, -0.1) is 0 Å². The minimum absolute atomic E-state index is 0.0109. The summed E-state index contributed by atoms with van der Waals surface area (Å²) >= 11 is 0. The third-order valence-corrected chi connectivity index (χ3v) is 9.03. The van der Waals surface area contributed by atoms with E-state index in [0.29, 0.717) is 5.56 Å². The monoisotopic (exact) mass is 629 g/mol. The number of carbonyl (C=O) groups is 2. The van der Waals surface area contributed by atoms with Gasteiger partial charge in [-0.1, -0.05) is 61.7 Å². The van der Waals surface area contributed by atoms with Crippen molar-refractivity contribution in [2.24, 2.45) is 0 Å². The minimum atomic E-state index is -3.89. The Hall–Kier alpha value is -3.86. The molecule has 44 heavy (non-hydrogen) atoms. The van der Waals surface area contributed by atoms with Crippen molar-refractivity contribution in [3.05, 3.63) is 101 Å². The van der Waals surface area contributed by atoms with Gasteiger partial charge in [0.25, 0.3) is 0 Å². The van der Waals surface area contributed by atoms with Crippen LogP contribution in [0.4, 0.5) is 18.9 Å². The highest BCUT2D eigenvalue weighted by atomic mass is 32.2. The highest BCUT2D eigenvalue weighted by Gasteiger charge is 2.32. The van der Waals surface area contributed by atoms with Crippen LogP contribution in [0.2, 0.25) is 0 Å². The van der Waals surface area contributed by atoms with Crippen LogP contribution >= 0.6 is 0 Å². The van der Waals surface area contributed by atoms with Crippen molar-refractivity contribution in [1.82, 2.24) is 10.2 Å². The van der Waals surface area contributed by atoms with E-state index in [1.807, 2.05) is 30.3 Å². The maximum atomic E-state index is 13.9. The average Bonchev–Trinajstić information content (AvgIpc) is 3.00. The Morgan fingerprint density at radius 2 is 1.57 bits per heavy atom. The van der Waals surface area contributed by atoms with Crippen molar-refractivity contribution < 1.29 is 31.2 Å².